The maximum absolute atomic E-state index is 5.55. The normalized spacial score (nSPS) is 20.2. The van der Waals surface area contributed by atoms with Gasteiger partial charge in [-0.15, -0.1) is 0 Å². The van der Waals surface area contributed by atoms with Crippen molar-refractivity contribution in [1.82, 2.24) is 19.4 Å². The second-order valence-electron chi connectivity index (χ2n) is 5.97. The molecule has 5 heteroatoms. The summed E-state index contributed by atoms with van der Waals surface area (Å²) in [6.07, 6.45) is 3.82. The summed E-state index contributed by atoms with van der Waals surface area (Å²) >= 11 is 0. The molecule has 0 radical (unpaired) electrons. The Bertz CT molecular complexity index is 625. The number of aryl methyl sites for hydroxylation is 1. The molecule has 1 saturated heterocycles. The van der Waals surface area contributed by atoms with Crippen molar-refractivity contribution >= 4 is 0 Å². The second-order valence-corrected chi connectivity index (χ2v) is 5.97. The zero-order valence-corrected chi connectivity index (χ0v) is 13.6. The molecular formula is C17H24N4O. The van der Waals surface area contributed by atoms with Gasteiger partial charge in [-0.1, -0.05) is 18.2 Å². The Balaban J connectivity index is 1.77. The molecule has 1 fully saturated rings. The van der Waals surface area contributed by atoms with E-state index in [2.05, 4.69) is 45.6 Å². The van der Waals surface area contributed by atoms with Crippen molar-refractivity contribution in [2.45, 2.75) is 12.6 Å². The molecular weight excluding hydrogens is 276 g/mol. The Morgan fingerprint density at radius 1 is 1.23 bits per heavy atom. The van der Waals surface area contributed by atoms with Gasteiger partial charge in [-0.2, -0.15) is 0 Å². The van der Waals surface area contributed by atoms with Crippen LogP contribution in [0.4, 0.5) is 0 Å². The van der Waals surface area contributed by atoms with Crippen LogP contribution in [-0.2, 0) is 13.6 Å². The van der Waals surface area contributed by atoms with E-state index in [9.17, 15) is 0 Å². The Kier molecular flexibility index (Phi) is 4.45. The van der Waals surface area contributed by atoms with Gasteiger partial charge in [0.1, 0.15) is 5.75 Å². The van der Waals surface area contributed by atoms with Gasteiger partial charge in [-0.3, -0.25) is 9.80 Å². The third kappa shape index (κ3) is 3.00. The standard InChI is InChI=1S/C17H24N4O/c1-19-8-9-21(11-14-10-18-13-20(14)2)12-16(19)15-6-4-5-7-17(15)22-3/h4-7,10,13,16H,8-9,11-12H2,1-3H3. The van der Waals surface area contributed by atoms with Crippen LogP contribution in [0.2, 0.25) is 0 Å². The molecule has 2 aromatic rings. The third-order valence-electron chi connectivity index (χ3n) is 4.53. The highest BCUT2D eigenvalue weighted by molar-refractivity contribution is 5.36. The molecule has 0 aliphatic carbocycles. The first kappa shape index (κ1) is 15.1. The molecule has 22 heavy (non-hydrogen) atoms. The molecule has 1 aliphatic rings. The number of ether oxygens (including phenoxy) is 1. The van der Waals surface area contributed by atoms with Gasteiger partial charge in [0, 0.05) is 45.0 Å². The van der Waals surface area contributed by atoms with Gasteiger partial charge in [0.2, 0.25) is 0 Å². The molecule has 0 bridgehead atoms. The Morgan fingerprint density at radius 2 is 2.05 bits per heavy atom. The largest absolute Gasteiger partial charge is 0.496 e. The minimum Gasteiger partial charge on any atom is -0.496 e. The summed E-state index contributed by atoms with van der Waals surface area (Å²) < 4.78 is 7.64. The number of methoxy groups -OCH3 is 1. The molecule has 0 N–H and O–H groups in total. The number of benzene rings is 1. The van der Waals surface area contributed by atoms with Crippen LogP contribution in [0.1, 0.15) is 17.3 Å². The highest BCUT2D eigenvalue weighted by Gasteiger charge is 2.27. The fourth-order valence-corrected chi connectivity index (χ4v) is 3.12. The van der Waals surface area contributed by atoms with E-state index in [1.54, 1.807) is 7.11 Å². The second kappa shape index (κ2) is 6.50. The van der Waals surface area contributed by atoms with Crippen LogP contribution in [0.5, 0.6) is 5.75 Å². The molecule has 0 amide bonds. The number of piperazine rings is 1. The van der Waals surface area contributed by atoms with Crippen molar-refractivity contribution in [3.8, 4) is 5.75 Å². The van der Waals surface area contributed by atoms with Crippen LogP contribution in [0.25, 0.3) is 0 Å². The van der Waals surface area contributed by atoms with Gasteiger partial charge in [0.15, 0.2) is 0 Å². The van der Waals surface area contributed by atoms with Crippen LogP contribution >= 0.6 is 0 Å². The number of aromatic nitrogens is 2. The first-order chi connectivity index (χ1) is 10.7. The predicted molar refractivity (Wildman–Crippen MR) is 86.9 cm³/mol. The highest BCUT2D eigenvalue weighted by atomic mass is 16.5. The number of hydrogen-bond acceptors (Lipinski definition) is 4. The van der Waals surface area contributed by atoms with Crippen LogP contribution in [0.3, 0.4) is 0 Å². The summed E-state index contributed by atoms with van der Waals surface area (Å²) in [5.74, 6) is 0.974. The maximum Gasteiger partial charge on any atom is 0.123 e. The van der Waals surface area contributed by atoms with E-state index < -0.39 is 0 Å². The lowest BCUT2D eigenvalue weighted by atomic mass is 10.0. The average Bonchev–Trinajstić information content (AvgIpc) is 2.94. The molecule has 3 rings (SSSR count). The minimum absolute atomic E-state index is 0.359. The van der Waals surface area contributed by atoms with Crippen molar-refractivity contribution in [3.63, 3.8) is 0 Å². The van der Waals surface area contributed by atoms with Crippen molar-refractivity contribution in [3.05, 3.63) is 48.0 Å². The SMILES string of the molecule is COc1ccccc1C1CN(Cc2cncn2C)CCN1C. The molecule has 1 aromatic heterocycles. The molecule has 1 unspecified atom stereocenters. The molecule has 1 aliphatic heterocycles. The van der Waals surface area contributed by atoms with Gasteiger partial charge in [-0.25, -0.2) is 4.98 Å². The van der Waals surface area contributed by atoms with E-state index in [0.29, 0.717) is 6.04 Å². The average molecular weight is 300 g/mol. The number of imidazole rings is 1. The third-order valence-corrected chi connectivity index (χ3v) is 4.53. The minimum atomic E-state index is 0.359. The van der Waals surface area contributed by atoms with Crippen LogP contribution in [-0.4, -0.2) is 53.1 Å². The van der Waals surface area contributed by atoms with Crippen LogP contribution in [0.15, 0.2) is 36.8 Å². The smallest absolute Gasteiger partial charge is 0.123 e. The molecule has 0 saturated carbocycles. The lowest BCUT2D eigenvalue weighted by Gasteiger charge is -2.40. The van der Waals surface area contributed by atoms with Gasteiger partial charge in [0.05, 0.1) is 25.2 Å². The van der Waals surface area contributed by atoms with Crippen LogP contribution in [0, 0.1) is 0 Å². The summed E-state index contributed by atoms with van der Waals surface area (Å²) in [6, 6.07) is 8.69. The molecule has 0 spiro atoms. The lowest BCUT2D eigenvalue weighted by Crippen LogP contribution is -2.46. The maximum atomic E-state index is 5.55. The van der Waals surface area contributed by atoms with E-state index in [1.165, 1.54) is 11.3 Å². The van der Waals surface area contributed by atoms with Crippen molar-refractivity contribution in [2.24, 2.45) is 7.05 Å². The Labute approximate surface area is 132 Å². The fraction of sp³-hybridized carbons (Fsp3) is 0.471. The Morgan fingerprint density at radius 3 is 2.77 bits per heavy atom. The van der Waals surface area contributed by atoms with E-state index >= 15 is 0 Å². The van der Waals surface area contributed by atoms with Crippen molar-refractivity contribution in [1.29, 1.82) is 0 Å². The summed E-state index contributed by atoms with van der Waals surface area (Å²) in [5.41, 5.74) is 2.52. The number of para-hydroxylation sites is 1. The van der Waals surface area contributed by atoms with E-state index in [-0.39, 0.29) is 0 Å². The van der Waals surface area contributed by atoms with Crippen molar-refractivity contribution in [2.75, 3.05) is 33.8 Å². The molecule has 1 aromatic carbocycles. The van der Waals surface area contributed by atoms with Crippen LogP contribution < -0.4 is 4.74 Å². The number of hydrogen-bond donors (Lipinski definition) is 0. The quantitative estimate of drug-likeness (QED) is 0.864. The number of rotatable bonds is 4. The molecule has 5 nitrogen and oxygen atoms in total. The van der Waals surface area contributed by atoms with E-state index in [1.807, 2.05) is 24.7 Å². The molecule has 1 atom stereocenters. The fourth-order valence-electron chi connectivity index (χ4n) is 3.12. The van der Waals surface area contributed by atoms with Gasteiger partial charge in [0.25, 0.3) is 0 Å². The number of nitrogens with zero attached hydrogens (tertiary/aromatic N) is 4. The zero-order chi connectivity index (χ0) is 15.5. The van der Waals surface area contributed by atoms with Gasteiger partial charge >= 0.3 is 0 Å². The summed E-state index contributed by atoms with van der Waals surface area (Å²) in [6.45, 7) is 4.08. The predicted octanol–water partition coefficient (Wildman–Crippen LogP) is 1.92. The lowest BCUT2D eigenvalue weighted by molar-refractivity contribution is 0.0875. The summed E-state index contributed by atoms with van der Waals surface area (Å²) in [4.78, 5) is 9.12. The first-order valence-electron chi connectivity index (χ1n) is 7.69. The van der Waals surface area contributed by atoms with E-state index in [0.717, 1.165) is 31.9 Å². The first-order valence-corrected chi connectivity index (χ1v) is 7.69. The van der Waals surface area contributed by atoms with Gasteiger partial charge in [-0.05, 0) is 13.1 Å². The summed E-state index contributed by atoms with van der Waals surface area (Å²) in [7, 11) is 5.99. The Hall–Kier alpha value is -1.85. The number of likely N-dealkylation sites (N-methyl/N-ethyl adjacent to an activating group) is 1. The zero-order valence-electron chi connectivity index (χ0n) is 13.6. The van der Waals surface area contributed by atoms with E-state index in [4.69, 9.17) is 4.74 Å². The van der Waals surface area contributed by atoms with Crippen molar-refractivity contribution < 1.29 is 4.74 Å². The summed E-state index contributed by atoms with van der Waals surface area (Å²) in [5, 5.41) is 0. The molecule has 118 valence electrons. The highest BCUT2D eigenvalue weighted by Crippen LogP contribution is 2.31. The topological polar surface area (TPSA) is 33.5 Å². The molecule has 2 heterocycles. The monoisotopic (exact) mass is 300 g/mol. The van der Waals surface area contributed by atoms with Gasteiger partial charge < -0.3 is 9.30 Å².